The Balaban J connectivity index is 2.94. The van der Waals surface area contributed by atoms with Crippen LogP contribution < -0.4 is 5.32 Å². The molecule has 0 spiro atoms. The van der Waals surface area contributed by atoms with Gasteiger partial charge in [0.1, 0.15) is 0 Å². The van der Waals surface area contributed by atoms with Crippen molar-refractivity contribution in [2.75, 3.05) is 6.54 Å². The molecule has 1 aromatic carbocycles. The lowest BCUT2D eigenvalue weighted by Crippen LogP contribution is -2.23. The maximum absolute atomic E-state index is 6.18. The fourth-order valence-corrected chi connectivity index (χ4v) is 2.14. The Morgan fingerprint density at radius 1 is 1.47 bits per heavy atom. The largest absolute Gasteiger partial charge is 0.310 e. The van der Waals surface area contributed by atoms with E-state index in [1.165, 1.54) is 16.7 Å². The van der Waals surface area contributed by atoms with Crippen molar-refractivity contribution in [1.29, 1.82) is 0 Å². The zero-order valence-electron chi connectivity index (χ0n) is 11.0. The van der Waals surface area contributed by atoms with Crippen molar-refractivity contribution in [3.8, 4) is 0 Å². The van der Waals surface area contributed by atoms with E-state index in [1.807, 2.05) is 12.1 Å². The predicted octanol–water partition coefficient (Wildman–Crippen LogP) is 4.66. The Labute approximate surface area is 110 Å². The van der Waals surface area contributed by atoms with Crippen LogP contribution in [0.25, 0.3) is 0 Å². The molecule has 0 radical (unpaired) electrons. The van der Waals surface area contributed by atoms with Crippen LogP contribution in [0.1, 0.15) is 43.9 Å². The van der Waals surface area contributed by atoms with Gasteiger partial charge in [-0.25, -0.2) is 0 Å². The number of halogens is 1. The Morgan fingerprint density at radius 3 is 2.76 bits per heavy atom. The highest BCUT2D eigenvalue weighted by atomic mass is 35.5. The van der Waals surface area contributed by atoms with Crippen LogP contribution in [0.15, 0.2) is 30.4 Å². The number of hydrogen-bond acceptors (Lipinski definition) is 1. The van der Waals surface area contributed by atoms with Gasteiger partial charge in [-0.2, -0.15) is 0 Å². The van der Waals surface area contributed by atoms with Gasteiger partial charge >= 0.3 is 0 Å². The van der Waals surface area contributed by atoms with Gasteiger partial charge in [0, 0.05) is 11.1 Å². The summed E-state index contributed by atoms with van der Waals surface area (Å²) >= 11 is 6.18. The first-order chi connectivity index (χ1) is 8.06. The van der Waals surface area contributed by atoms with Gasteiger partial charge in [0.2, 0.25) is 0 Å². The summed E-state index contributed by atoms with van der Waals surface area (Å²) in [6.07, 6.45) is 2.09. The van der Waals surface area contributed by atoms with Crippen LogP contribution in [0.2, 0.25) is 5.02 Å². The van der Waals surface area contributed by atoms with Crippen molar-refractivity contribution in [3.63, 3.8) is 0 Å². The smallest absolute Gasteiger partial charge is 0.0438 e. The third-order valence-electron chi connectivity index (χ3n) is 2.88. The minimum atomic E-state index is 0.325. The summed E-state index contributed by atoms with van der Waals surface area (Å²) in [6, 6.07) is 6.44. The van der Waals surface area contributed by atoms with E-state index in [0.717, 1.165) is 24.4 Å². The van der Waals surface area contributed by atoms with Crippen LogP contribution in [0.3, 0.4) is 0 Å². The van der Waals surface area contributed by atoms with Crippen LogP contribution in [0, 0.1) is 6.92 Å². The second-order valence-electron chi connectivity index (χ2n) is 4.62. The third kappa shape index (κ3) is 4.18. The quantitative estimate of drug-likeness (QED) is 0.726. The summed E-state index contributed by atoms with van der Waals surface area (Å²) < 4.78 is 0. The highest BCUT2D eigenvalue weighted by Gasteiger charge is 2.14. The highest BCUT2D eigenvalue weighted by molar-refractivity contribution is 6.31. The molecule has 0 saturated carbocycles. The summed E-state index contributed by atoms with van der Waals surface area (Å²) in [4.78, 5) is 0. The molecular formula is C15H22ClN. The number of rotatable bonds is 6. The molecule has 1 N–H and O–H groups in total. The molecule has 17 heavy (non-hydrogen) atoms. The van der Waals surface area contributed by atoms with Crippen LogP contribution in [0.5, 0.6) is 0 Å². The molecule has 0 aliphatic rings. The number of nitrogens with one attached hydrogen (secondary N) is 1. The van der Waals surface area contributed by atoms with E-state index < -0.39 is 0 Å². The number of hydrogen-bond donors (Lipinski definition) is 1. The lowest BCUT2D eigenvalue weighted by atomic mass is 9.96. The second-order valence-corrected chi connectivity index (χ2v) is 5.03. The zero-order valence-corrected chi connectivity index (χ0v) is 11.8. The molecule has 1 unspecified atom stereocenters. The monoisotopic (exact) mass is 251 g/mol. The molecule has 0 amide bonds. The minimum Gasteiger partial charge on any atom is -0.310 e. The average molecular weight is 252 g/mol. The fraction of sp³-hybridized carbons (Fsp3) is 0.467. The molecule has 0 fully saturated rings. The second kappa shape index (κ2) is 6.83. The van der Waals surface area contributed by atoms with Crippen LogP contribution in [-0.4, -0.2) is 6.54 Å². The predicted molar refractivity (Wildman–Crippen MR) is 76.7 cm³/mol. The van der Waals surface area contributed by atoms with Gasteiger partial charge in [-0.3, -0.25) is 0 Å². The fourth-order valence-electron chi connectivity index (χ4n) is 1.96. The first-order valence-corrected chi connectivity index (χ1v) is 6.56. The van der Waals surface area contributed by atoms with E-state index in [1.54, 1.807) is 0 Å². The van der Waals surface area contributed by atoms with E-state index >= 15 is 0 Å². The molecule has 0 heterocycles. The summed E-state index contributed by atoms with van der Waals surface area (Å²) in [5.74, 6) is 0. The van der Waals surface area contributed by atoms with Crippen molar-refractivity contribution in [3.05, 3.63) is 46.5 Å². The highest BCUT2D eigenvalue weighted by Crippen LogP contribution is 2.27. The van der Waals surface area contributed by atoms with Gasteiger partial charge in [-0.1, -0.05) is 36.2 Å². The van der Waals surface area contributed by atoms with E-state index in [0.29, 0.717) is 6.04 Å². The molecule has 0 aromatic heterocycles. The lowest BCUT2D eigenvalue weighted by Gasteiger charge is -2.21. The Bertz CT molecular complexity index is 385. The van der Waals surface area contributed by atoms with Crippen LogP contribution >= 0.6 is 11.6 Å². The molecule has 1 rings (SSSR count). The van der Waals surface area contributed by atoms with Gasteiger partial charge in [0.25, 0.3) is 0 Å². The SMILES string of the molecule is C=C(C)CC(NCCC)c1cccc(Cl)c1C. The molecule has 0 saturated heterocycles. The molecule has 2 heteroatoms. The van der Waals surface area contributed by atoms with Crippen molar-refractivity contribution in [1.82, 2.24) is 5.32 Å². The van der Waals surface area contributed by atoms with E-state index in [4.69, 9.17) is 11.6 Å². The lowest BCUT2D eigenvalue weighted by molar-refractivity contribution is 0.526. The van der Waals surface area contributed by atoms with Crippen molar-refractivity contribution in [2.24, 2.45) is 0 Å². The van der Waals surface area contributed by atoms with Gasteiger partial charge in [0.15, 0.2) is 0 Å². The van der Waals surface area contributed by atoms with Gasteiger partial charge in [-0.15, -0.1) is 6.58 Å². The van der Waals surface area contributed by atoms with E-state index in [9.17, 15) is 0 Å². The topological polar surface area (TPSA) is 12.0 Å². The van der Waals surface area contributed by atoms with Crippen LogP contribution in [0.4, 0.5) is 0 Å². The van der Waals surface area contributed by atoms with Crippen molar-refractivity contribution in [2.45, 2.75) is 39.7 Å². The molecular weight excluding hydrogens is 230 g/mol. The maximum atomic E-state index is 6.18. The van der Waals surface area contributed by atoms with Gasteiger partial charge < -0.3 is 5.32 Å². The molecule has 0 aliphatic carbocycles. The minimum absolute atomic E-state index is 0.325. The zero-order chi connectivity index (χ0) is 12.8. The summed E-state index contributed by atoms with van der Waals surface area (Å²) in [6.45, 7) is 11.4. The van der Waals surface area contributed by atoms with Gasteiger partial charge in [-0.05, 0) is 50.4 Å². The average Bonchev–Trinajstić information content (AvgIpc) is 2.28. The molecule has 1 aromatic rings. The summed E-state index contributed by atoms with van der Waals surface area (Å²) in [5.41, 5.74) is 3.65. The molecule has 94 valence electrons. The normalized spacial score (nSPS) is 12.5. The van der Waals surface area contributed by atoms with E-state index in [-0.39, 0.29) is 0 Å². The Kier molecular flexibility index (Phi) is 5.73. The summed E-state index contributed by atoms with van der Waals surface area (Å²) in [5, 5.41) is 4.41. The first-order valence-electron chi connectivity index (χ1n) is 6.19. The molecule has 1 nitrogen and oxygen atoms in total. The molecule has 1 atom stereocenters. The molecule has 0 bridgehead atoms. The summed E-state index contributed by atoms with van der Waals surface area (Å²) in [7, 11) is 0. The Hall–Kier alpha value is -0.790. The molecule has 0 aliphatic heterocycles. The number of benzene rings is 1. The standard InChI is InChI=1S/C15H22ClN/c1-5-9-17-15(10-11(2)3)13-7-6-8-14(16)12(13)4/h6-8,15,17H,2,5,9-10H2,1,3-4H3. The van der Waals surface area contributed by atoms with Gasteiger partial charge in [0.05, 0.1) is 0 Å². The first kappa shape index (κ1) is 14.3. The van der Waals surface area contributed by atoms with Crippen molar-refractivity contribution >= 4 is 11.6 Å². The van der Waals surface area contributed by atoms with Crippen molar-refractivity contribution < 1.29 is 0 Å². The third-order valence-corrected chi connectivity index (χ3v) is 3.29. The maximum Gasteiger partial charge on any atom is 0.0438 e. The van der Waals surface area contributed by atoms with Crippen LogP contribution in [-0.2, 0) is 0 Å². The Morgan fingerprint density at radius 2 is 2.18 bits per heavy atom. The van der Waals surface area contributed by atoms with E-state index in [2.05, 4.69) is 38.7 Å².